The van der Waals surface area contributed by atoms with Crippen molar-refractivity contribution < 1.29 is 19.4 Å². The molecule has 4 rings (SSSR count). The monoisotopic (exact) mass is 462 g/mol. The Morgan fingerprint density at radius 2 is 1.59 bits per heavy atom. The first-order valence-electron chi connectivity index (χ1n) is 11.3. The standard InChI is InChI=1S/C26H27NO3.CH5N.CH2O/c1-18(28)21-12-10-19(22-8-4-5-9-26(22)30-2)16-23(21)24-17-20(11-13-25(24)29)27-14-6-3-7-15-27;2*1-2/h4-5,8-13,16-17,29H,3,6-7,14-15H2,1-2H3;2H2,1H3;1H2. The van der Waals surface area contributed by atoms with Gasteiger partial charge in [0.2, 0.25) is 0 Å². The molecule has 0 saturated carbocycles. The van der Waals surface area contributed by atoms with Crippen LogP contribution in [0.3, 0.4) is 0 Å². The number of para-hydroxylation sites is 1. The lowest BCUT2D eigenvalue weighted by Crippen LogP contribution is -2.29. The summed E-state index contributed by atoms with van der Waals surface area (Å²) in [6.07, 6.45) is 3.62. The van der Waals surface area contributed by atoms with Gasteiger partial charge in [0.1, 0.15) is 18.3 Å². The number of anilines is 1. The maximum absolute atomic E-state index is 12.4. The van der Waals surface area contributed by atoms with Gasteiger partial charge in [-0.25, -0.2) is 0 Å². The lowest BCUT2D eigenvalue weighted by molar-refractivity contribution is -0.0980. The summed E-state index contributed by atoms with van der Waals surface area (Å²) in [4.78, 5) is 22.7. The molecule has 1 fully saturated rings. The molecule has 6 heteroatoms. The Hall–Kier alpha value is -3.64. The third-order valence-corrected chi connectivity index (χ3v) is 5.81. The lowest BCUT2D eigenvalue weighted by Gasteiger charge is -2.29. The summed E-state index contributed by atoms with van der Waals surface area (Å²) in [7, 11) is 3.15. The van der Waals surface area contributed by atoms with E-state index >= 15 is 0 Å². The van der Waals surface area contributed by atoms with E-state index in [0.717, 1.165) is 41.2 Å². The number of nitrogens with two attached hydrogens (primary N) is 1. The topological polar surface area (TPSA) is 92.9 Å². The van der Waals surface area contributed by atoms with E-state index in [1.807, 2.05) is 61.4 Å². The predicted octanol–water partition coefficient (Wildman–Crippen LogP) is 5.32. The van der Waals surface area contributed by atoms with Gasteiger partial charge in [0.15, 0.2) is 5.78 Å². The van der Waals surface area contributed by atoms with Crippen LogP contribution < -0.4 is 15.4 Å². The van der Waals surface area contributed by atoms with Crippen molar-refractivity contribution in [1.29, 1.82) is 0 Å². The van der Waals surface area contributed by atoms with Crippen molar-refractivity contribution in [2.75, 3.05) is 32.1 Å². The van der Waals surface area contributed by atoms with Gasteiger partial charge in [0.25, 0.3) is 0 Å². The summed E-state index contributed by atoms with van der Waals surface area (Å²) in [5.41, 5.74) is 9.49. The van der Waals surface area contributed by atoms with Gasteiger partial charge in [-0.15, -0.1) is 0 Å². The van der Waals surface area contributed by atoms with Crippen LogP contribution in [0.4, 0.5) is 5.69 Å². The van der Waals surface area contributed by atoms with Crippen LogP contribution in [0.25, 0.3) is 22.3 Å². The minimum absolute atomic E-state index is 0.0284. The normalized spacial score (nSPS) is 12.5. The van der Waals surface area contributed by atoms with Gasteiger partial charge in [-0.3, -0.25) is 4.79 Å². The molecule has 34 heavy (non-hydrogen) atoms. The number of Topliss-reactive ketones (excluding diaryl/α,β-unsaturated/α-hetero) is 1. The van der Waals surface area contributed by atoms with Crippen LogP contribution in [-0.4, -0.2) is 44.9 Å². The van der Waals surface area contributed by atoms with Crippen LogP contribution in [0.1, 0.15) is 36.5 Å². The molecule has 1 aliphatic rings. The average molecular weight is 463 g/mol. The van der Waals surface area contributed by atoms with Crippen molar-refractivity contribution in [3.63, 3.8) is 0 Å². The Labute approximate surface area is 202 Å². The quantitative estimate of drug-likeness (QED) is 0.499. The van der Waals surface area contributed by atoms with Gasteiger partial charge in [-0.2, -0.15) is 0 Å². The molecular formula is C28H34N2O4. The largest absolute Gasteiger partial charge is 0.507 e. The van der Waals surface area contributed by atoms with E-state index in [0.29, 0.717) is 11.1 Å². The van der Waals surface area contributed by atoms with Crippen LogP contribution in [-0.2, 0) is 4.79 Å². The first kappa shape index (κ1) is 26.6. The van der Waals surface area contributed by atoms with E-state index < -0.39 is 0 Å². The first-order valence-corrected chi connectivity index (χ1v) is 11.3. The number of nitrogens with zero attached hydrogens (tertiary/aromatic N) is 1. The van der Waals surface area contributed by atoms with E-state index in [-0.39, 0.29) is 11.5 Å². The fraction of sp³-hybridized carbons (Fsp3) is 0.286. The summed E-state index contributed by atoms with van der Waals surface area (Å²) >= 11 is 0. The van der Waals surface area contributed by atoms with Crippen molar-refractivity contribution in [3.05, 3.63) is 66.2 Å². The van der Waals surface area contributed by atoms with Crippen LogP contribution in [0.15, 0.2) is 60.7 Å². The molecule has 6 nitrogen and oxygen atoms in total. The zero-order chi connectivity index (χ0) is 25.1. The van der Waals surface area contributed by atoms with E-state index in [9.17, 15) is 9.90 Å². The molecule has 1 heterocycles. The predicted molar refractivity (Wildman–Crippen MR) is 139 cm³/mol. The summed E-state index contributed by atoms with van der Waals surface area (Å²) in [5.74, 6) is 0.917. The highest BCUT2D eigenvalue weighted by Crippen LogP contribution is 2.39. The number of methoxy groups -OCH3 is 1. The smallest absolute Gasteiger partial charge is 0.160 e. The number of carbonyl (C=O) groups excluding carboxylic acids is 2. The summed E-state index contributed by atoms with van der Waals surface area (Å²) in [6.45, 7) is 5.60. The zero-order valence-corrected chi connectivity index (χ0v) is 20.2. The Bertz CT molecular complexity index is 1090. The average Bonchev–Trinajstić information content (AvgIpc) is 2.91. The number of benzene rings is 3. The number of rotatable bonds is 5. The molecule has 3 aromatic carbocycles. The number of ketones is 1. The molecule has 0 aromatic heterocycles. The highest BCUT2D eigenvalue weighted by Gasteiger charge is 2.18. The number of phenolic OH excluding ortho intramolecular Hbond substituents is 1. The lowest BCUT2D eigenvalue weighted by atomic mass is 9.92. The molecule has 0 bridgehead atoms. The van der Waals surface area contributed by atoms with Gasteiger partial charge in [0, 0.05) is 35.5 Å². The minimum Gasteiger partial charge on any atom is -0.507 e. The molecular weight excluding hydrogens is 428 g/mol. The Morgan fingerprint density at radius 3 is 2.24 bits per heavy atom. The maximum Gasteiger partial charge on any atom is 0.160 e. The molecule has 3 N–H and O–H groups in total. The Kier molecular flexibility index (Phi) is 10.3. The van der Waals surface area contributed by atoms with Gasteiger partial charge in [-0.1, -0.05) is 30.3 Å². The van der Waals surface area contributed by atoms with E-state index in [1.54, 1.807) is 20.1 Å². The third kappa shape index (κ3) is 6.02. The molecule has 0 aliphatic carbocycles. The number of piperidine rings is 1. The van der Waals surface area contributed by atoms with E-state index in [2.05, 4.69) is 10.6 Å². The van der Waals surface area contributed by atoms with Crippen molar-refractivity contribution in [1.82, 2.24) is 0 Å². The van der Waals surface area contributed by atoms with Gasteiger partial charge >= 0.3 is 0 Å². The maximum atomic E-state index is 12.4. The number of phenols is 1. The fourth-order valence-corrected chi connectivity index (χ4v) is 4.21. The zero-order valence-electron chi connectivity index (χ0n) is 20.2. The Balaban J connectivity index is 0.000000970. The fourth-order valence-electron chi connectivity index (χ4n) is 4.21. The molecule has 1 saturated heterocycles. The second-order valence-corrected chi connectivity index (χ2v) is 7.77. The van der Waals surface area contributed by atoms with Crippen LogP contribution in [0, 0.1) is 0 Å². The van der Waals surface area contributed by atoms with Crippen molar-refractivity contribution in [2.45, 2.75) is 26.2 Å². The second-order valence-electron chi connectivity index (χ2n) is 7.77. The molecule has 0 spiro atoms. The number of carbonyl (C=O) groups is 2. The number of hydrogen-bond donors (Lipinski definition) is 2. The molecule has 0 atom stereocenters. The molecule has 0 radical (unpaired) electrons. The van der Waals surface area contributed by atoms with E-state index in [1.165, 1.54) is 26.3 Å². The number of ether oxygens (including phenoxy) is 1. The number of aromatic hydroxyl groups is 1. The molecule has 0 amide bonds. The molecule has 180 valence electrons. The summed E-state index contributed by atoms with van der Waals surface area (Å²) in [5, 5.41) is 10.7. The van der Waals surface area contributed by atoms with Crippen molar-refractivity contribution >= 4 is 18.3 Å². The van der Waals surface area contributed by atoms with Gasteiger partial charge in [-0.05, 0) is 74.7 Å². The molecule has 3 aromatic rings. The third-order valence-electron chi connectivity index (χ3n) is 5.81. The first-order chi connectivity index (χ1) is 16.6. The van der Waals surface area contributed by atoms with Crippen molar-refractivity contribution in [2.24, 2.45) is 5.73 Å². The molecule has 0 unspecified atom stereocenters. The number of hydrogen-bond acceptors (Lipinski definition) is 6. The molecule has 1 aliphatic heterocycles. The highest BCUT2D eigenvalue weighted by atomic mass is 16.5. The second kappa shape index (κ2) is 13.2. The van der Waals surface area contributed by atoms with Crippen LogP contribution >= 0.6 is 0 Å². The highest BCUT2D eigenvalue weighted by molar-refractivity contribution is 6.02. The van der Waals surface area contributed by atoms with Crippen LogP contribution in [0.2, 0.25) is 0 Å². The van der Waals surface area contributed by atoms with Crippen molar-refractivity contribution in [3.8, 4) is 33.8 Å². The Morgan fingerprint density at radius 1 is 0.912 bits per heavy atom. The summed E-state index contributed by atoms with van der Waals surface area (Å²) in [6, 6.07) is 19.3. The summed E-state index contributed by atoms with van der Waals surface area (Å²) < 4.78 is 5.52. The minimum atomic E-state index is -0.0284. The van der Waals surface area contributed by atoms with Crippen LogP contribution in [0.5, 0.6) is 11.5 Å². The van der Waals surface area contributed by atoms with Gasteiger partial charge in [0.05, 0.1) is 7.11 Å². The SMILES string of the molecule is C=O.CN.COc1ccccc1-c1ccc(C(C)=O)c(-c2cc(N3CCCCC3)ccc2O)c1. The van der Waals surface area contributed by atoms with Gasteiger partial charge < -0.3 is 25.3 Å². The van der Waals surface area contributed by atoms with E-state index in [4.69, 9.17) is 9.53 Å².